The Morgan fingerprint density at radius 1 is 1.06 bits per heavy atom. The van der Waals surface area contributed by atoms with Crippen LogP contribution in [0.1, 0.15) is 64.7 Å². The molecule has 0 aromatic rings. The van der Waals surface area contributed by atoms with Gasteiger partial charge in [0.05, 0.1) is 6.61 Å². The molecule has 0 aliphatic heterocycles. The molecule has 0 amide bonds. The molecule has 0 aromatic carbocycles. The molecule has 0 N–H and O–H groups in total. The highest BCUT2D eigenvalue weighted by molar-refractivity contribution is 9.09. The number of halogens is 1. The van der Waals surface area contributed by atoms with Gasteiger partial charge in [0.1, 0.15) is 0 Å². The second kappa shape index (κ2) is 13.1. The van der Waals surface area contributed by atoms with Gasteiger partial charge in [0, 0.05) is 10.9 Å². The van der Waals surface area contributed by atoms with Crippen molar-refractivity contribution in [3.63, 3.8) is 0 Å². The molecule has 0 rings (SSSR count). The van der Waals surface area contributed by atoms with Gasteiger partial charge < -0.3 is 4.74 Å². The van der Waals surface area contributed by atoms with Gasteiger partial charge in [-0.25, -0.2) is 4.79 Å². The lowest BCUT2D eigenvalue weighted by Gasteiger charge is -2.04. The van der Waals surface area contributed by atoms with Gasteiger partial charge in [-0.1, -0.05) is 67.5 Å². The van der Waals surface area contributed by atoms with E-state index >= 15 is 0 Å². The Morgan fingerprint density at radius 2 is 1.56 bits per heavy atom. The Labute approximate surface area is 120 Å². The lowest BCUT2D eigenvalue weighted by atomic mass is 10.1. The first-order chi connectivity index (χ1) is 8.68. The van der Waals surface area contributed by atoms with Crippen molar-refractivity contribution in [3.05, 3.63) is 12.2 Å². The van der Waals surface area contributed by atoms with Crippen LogP contribution in [-0.4, -0.2) is 17.9 Å². The number of hydrogen-bond acceptors (Lipinski definition) is 2. The van der Waals surface area contributed by atoms with Gasteiger partial charge >= 0.3 is 5.97 Å². The van der Waals surface area contributed by atoms with Crippen LogP contribution in [0, 0.1) is 0 Å². The van der Waals surface area contributed by atoms with E-state index in [2.05, 4.69) is 22.5 Å². The molecule has 0 saturated carbocycles. The number of carbonyl (C=O) groups excluding carboxylic acids is 1. The zero-order valence-corrected chi connectivity index (χ0v) is 13.3. The van der Waals surface area contributed by atoms with E-state index < -0.39 is 0 Å². The smallest absolute Gasteiger partial charge is 0.333 e. The monoisotopic (exact) mass is 320 g/mol. The maximum absolute atomic E-state index is 11.1. The molecule has 18 heavy (non-hydrogen) atoms. The third-order valence-corrected chi connectivity index (χ3v) is 3.42. The van der Waals surface area contributed by atoms with Crippen molar-refractivity contribution in [1.29, 1.82) is 0 Å². The summed E-state index contributed by atoms with van der Waals surface area (Å²) in [5, 5.41) is 1.13. The Hall–Kier alpha value is -0.310. The first-order valence-corrected chi connectivity index (χ1v) is 8.19. The Kier molecular flexibility index (Phi) is 12.9. The number of carbonyl (C=O) groups is 1. The average Bonchev–Trinajstić information content (AvgIpc) is 2.35. The molecular weight excluding hydrogens is 294 g/mol. The second-order valence-electron chi connectivity index (χ2n) is 4.79. The van der Waals surface area contributed by atoms with Gasteiger partial charge in [0.2, 0.25) is 0 Å². The molecule has 0 aliphatic rings. The summed E-state index contributed by atoms with van der Waals surface area (Å²) in [6.45, 7) is 5.76. The van der Waals surface area contributed by atoms with Crippen LogP contribution < -0.4 is 0 Å². The molecule has 0 unspecified atom stereocenters. The SMILES string of the molecule is C=C(C)C(=O)O[14CH2]CCCCCCCCCCBr. The van der Waals surface area contributed by atoms with E-state index in [9.17, 15) is 4.79 Å². The Bertz CT molecular complexity index is 227. The second-order valence-corrected chi connectivity index (χ2v) is 5.58. The number of ether oxygens (including phenoxy) is 1. The van der Waals surface area contributed by atoms with Crippen molar-refractivity contribution in [3.8, 4) is 0 Å². The highest BCUT2D eigenvalue weighted by Crippen LogP contribution is 2.10. The summed E-state index contributed by atoms with van der Waals surface area (Å²) in [7, 11) is 0. The van der Waals surface area contributed by atoms with Crippen molar-refractivity contribution in [2.45, 2.75) is 64.7 Å². The summed E-state index contributed by atoms with van der Waals surface area (Å²) in [6, 6.07) is 0. The molecule has 0 saturated heterocycles. The van der Waals surface area contributed by atoms with Crippen LogP contribution in [0.3, 0.4) is 0 Å². The lowest BCUT2D eigenvalue weighted by Crippen LogP contribution is -2.05. The van der Waals surface area contributed by atoms with E-state index in [1.54, 1.807) is 6.92 Å². The van der Waals surface area contributed by atoms with Crippen molar-refractivity contribution in [2.24, 2.45) is 0 Å². The maximum Gasteiger partial charge on any atom is 0.333 e. The molecule has 2 nitrogen and oxygen atoms in total. The average molecular weight is 321 g/mol. The molecular formula is C15H27BrO2. The number of hydrogen-bond donors (Lipinski definition) is 0. The van der Waals surface area contributed by atoms with Crippen LogP contribution in [0.25, 0.3) is 0 Å². The summed E-state index contributed by atoms with van der Waals surface area (Å²) in [5.74, 6) is -0.262. The largest absolute Gasteiger partial charge is 0.462 e. The van der Waals surface area contributed by atoms with Crippen LogP contribution >= 0.6 is 15.9 Å². The molecule has 0 spiro atoms. The van der Waals surface area contributed by atoms with E-state index in [1.807, 2.05) is 0 Å². The Balaban J connectivity index is 3.07. The summed E-state index contributed by atoms with van der Waals surface area (Å²) < 4.78 is 5.03. The summed E-state index contributed by atoms with van der Waals surface area (Å²) in [6.07, 6.45) is 11.4. The molecule has 0 aromatic heterocycles. The summed E-state index contributed by atoms with van der Waals surface area (Å²) in [5.41, 5.74) is 0.485. The van der Waals surface area contributed by atoms with E-state index in [1.165, 1.54) is 44.9 Å². The molecule has 0 radical (unpaired) electrons. The van der Waals surface area contributed by atoms with Gasteiger partial charge in [0.15, 0.2) is 0 Å². The van der Waals surface area contributed by atoms with Crippen LogP contribution in [0.15, 0.2) is 12.2 Å². The zero-order valence-electron chi connectivity index (χ0n) is 11.7. The van der Waals surface area contributed by atoms with E-state index in [0.29, 0.717) is 12.2 Å². The van der Waals surface area contributed by atoms with E-state index in [4.69, 9.17) is 4.74 Å². The molecule has 0 bridgehead atoms. The van der Waals surface area contributed by atoms with Crippen LogP contribution in [-0.2, 0) is 9.53 Å². The molecule has 3 heteroatoms. The van der Waals surface area contributed by atoms with Crippen LogP contribution in [0.4, 0.5) is 0 Å². The van der Waals surface area contributed by atoms with Crippen molar-refractivity contribution in [1.82, 2.24) is 0 Å². The van der Waals surface area contributed by atoms with Gasteiger partial charge in [-0.15, -0.1) is 0 Å². The van der Waals surface area contributed by atoms with Crippen molar-refractivity contribution < 1.29 is 9.53 Å². The minimum atomic E-state index is -0.262. The number of alkyl halides is 1. The first kappa shape index (κ1) is 17.7. The highest BCUT2D eigenvalue weighted by atomic mass is 79.9. The van der Waals surface area contributed by atoms with E-state index in [0.717, 1.165) is 18.2 Å². The number of unbranched alkanes of at least 4 members (excludes halogenated alkanes) is 8. The van der Waals surface area contributed by atoms with Crippen LogP contribution in [0.2, 0.25) is 0 Å². The zero-order chi connectivity index (χ0) is 13.6. The lowest BCUT2D eigenvalue weighted by molar-refractivity contribution is -0.139. The highest BCUT2D eigenvalue weighted by Gasteiger charge is 2.01. The van der Waals surface area contributed by atoms with E-state index in [-0.39, 0.29) is 5.97 Å². The minimum Gasteiger partial charge on any atom is -0.462 e. The molecule has 0 atom stereocenters. The topological polar surface area (TPSA) is 26.3 Å². The molecule has 106 valence electrons. The number of esters is 1. The predicted molar refractivity (Wildman–Crippen MR) is 81.1 cm³/mol. The van der Waals surface area contributed by atoms with Crippen molar-refractivity contribution in [2.75, 3.05) is 11.9 Å². The fraction of sp³-hybridized carbons (Fsp3) is 0.800. The fourth-order valence-electron chi connectivity index (χ4n) is 1.72. The molecule has 0 fully saturated rings. The first-order valence-electron chi connectivity index (χ1n) is 7.07. The summed E-state index contributed by atoms with van der Waals surface area (Å²) >= 11 is 3.45. The number of rotatable bonds is 12. The third-order valence-electron chi connectivity index (χ3n) is 2.86. The Morgan fingerprint density at radius 3 is 2.06 bits per heavy atom. The van der Waals surface area contributed by atoms with Gasteiger partial charge in [-0.05, 0) is 19.8 Å². The molecule has 0 aliphatic carbocycles. The van der Waals surface area contributed by atoms with Crippen LogP contribution in [0.5, 0.6) is 0 Å². The fourth-order valence-corrected chi connectivity index (χ4v) is 2.12. The normalized spacial score (nSPS) is 10.3. The third kappa shape index (κ3) is 12.2. The quantitative estimate of drug-likeness (QED) is 0.218. The summed E-state index contributed by atoms with van der Waals surface area (Å²) in [4.78, 5) is 11.1. The maximum atomic E-state index is 11.1. The minimum absolute atomic E-state index is 0.262. The van der Waals surface area contributed by atoms with Gasteiger partial charge in [-0.3, -0.25) is 0 Å². The predicted octanol–water partition coefficient (Wildman–Crippen LogP) is 5.01. The van der Waals surface area contributed by atoms with Gasteiger partial charge in [0.25, 0.3) is 0 Å². The molecule has 0 heterocycles. The van der Waals surface area contributed by atoms with Gasteiger partial charge in [-0.2, -0.15) is 0 Å². The van der Waals surface area contributed by atoms with Crippen molar-refractivity contribution >= 4 is 21.9 Å². The standard InChI is InChI=1S/C15H27BrO2/c1-14(2)15(17)18-13-11-9-7-5-3-4-6-8-10-12-16/h1,3-13H2,2H3/i13+2.